The Bertz CT molecular complexity index is 1110. The highest BCUT2D eigenvalue weighted by molar-refractivity contribution is 5.48. The lowest BCUT2D eigenvalue weighted by Crippen LogP contribution is -2.12. The summed E-state index contributed by atoms with van der Waals surface area (Å²) in [5.74, 6) is 12.3. The molecule has 2 heteroatoms. The highest BCUT2D eigenvalue weighted by Gasteiger charge is 2.08. The number of rotatable bonds is 56. The van der Waals surface area contributed by atoms with E-state index in [-0.39, 0.29) is 0 Å². The average molecular weight is 932 g/mol. The summed E-state index contributed by atoms with van der Waals surface area (Å²) in [4.78, 5) is 10.3. The standard InChI is InChI=1S/C65H118O2/c1-3-5-6-7-53-56-59-62-65(67-4-2)63-60-57-54-51-49-47-45-43-41-39-37-35-33-31-29-27-25-23-21-19-17-15-13-11-9-8-10-12-14-16-18-20-22-24-26-28-30-32-34-36-38-40-42-44-46-48-50-52-55-58-61-64-66/h22,24,26,28,64-65H,3-21,23,25,27,29-41,43,45,47,49-63H2,1-2H3/b24-22+,28-26+. The van der Waals surface area contributed by atoms with E-state index in [9.17, 15) is 4.79 Å². The van der Waals surface area contributed by atoms with Crippen molar-refractivity contribution in [2.45, 2.75) is 354 Å². The molecule has 1 unspecified atom stereocenters. The minimum Gasteiger partial charge on any atom is -0.379 e. The van der Waals surface area contributed by atoms with Crippen LogP contribution in [0.25, 0.3) is 0 Å². The van der Waals surface area contributed by atoms with Gasteiger partial charge in [-0.15, -0.1) is 0 Å². The van der Waals surface area contributed by atoms with Gasteiger partial charge in [0.2, 0.25) is 0 Å². The van der Waals surface area contributed by atoms with Crippen LogP contribution in [0.3, 0.4) is 0 Å². The maximum Gasteiger partial charge on any atom is 0.119 e. The molecule has 0 aromatic rings. The molecule has 0 radical (unpaired) electrons. The van der Waals surface area contributed by atoms with Crippen LogP contribution in [0, 0.1) is 23.7 Å². The zero-order chi connectivity index (χ0) is 48.1. The maximum absolute atomic E-state index is 10.3. The van der Waals surface area contributed by atoms with Crippen LogP contribution in [-0.2, 0) is 9.53 Å². The van der Waals surface area contributed by atoms with Gasteiger partial charge in [0.25, 0.3) is 0 Å². The Labute approximate surface area is 422 Å². The summed E-state index contributed by atoms with van der Waals surface area (Å²) in [6, 6.07) is 0. The predicted molar refractivity (Wildman–Crippen MR) is 301 cm³/mol. The Morgan fingerprint density at radius 2 is 0.597 bits per heavy atom. The van der Waals surface area contributed by atoms with Crippen LogP contribution in [0.1, 0.15) is 348 Å². The van der Waals surface area contributed by atoms with Crippen molar-refractivity contribution in [2.24, 2.45) is 0 Å². The minimum absolute atomic E-state index is 0.525. The Balaban J connectivity index is 3.25. The molecule has 0 aliphatic carbocycles. The Hall–Kier alpha value is -1.77. The van der Waals surface area contributed by atoms with Gasteiger partial charge in [0.15, 0.2) is 0 Å². The van der Waals surface area contributed by atoms with Gasteiger partial charge in [-0.25, -0.2) is 0 Å². The topological polar surface area (TPSA) is 26.3 Å². The minimum atomic E-state index is 0.525. The van der Waals surface area contributed by atoms with E-state index in [4.69, 9.17) is 4.74 Å². The average Bonchev–Trinajstić information content (AvgIpc) is 3.34. The fourth-order valence-electron chi connectivity index (χ4n) is 9.65. The number of allylic oxidation sites excluding steroid dienone is 4. The predicted octanol–water partition coefficient (Wildman–Crippen LogP) is 22.0. The third kappa shape index (κ3) is 60.3. The second-order valence-corrected chi connectivity index (χ2v) is 20.7. The number of ether oxygens (including phenoxy) is 1. The summed E-state index contributed by atoms with van der Waals surface area (Å²) in [7, 11) is 0. The van der Waals surface area contributed by atoms with Crippen molar-refractivity contribution < 1.29 is 9.53 Å². The lowest BCUT2D eigenvalue weighted by molar-refractivity contribution is -0.107. The molecule has 67 heavy (non-hydrogen) atoms. The third-order valence-electron chi connectivity index (χ3n) is 14.1. The summed E-state index contributed by atoms with van der Waals surface area (Å²) in [5.41, 5.74) is 0. The third-order valence-corrected chi connectivity index (χ3v) is 14.1. The summed E-state index contributed by atoms with van der Waals surface area (Å²) in [6.45, 7) is 5.36. The highest BCUT2D eigenvalue weighted by atomic mass is 16.5. The van der Waals surface area contributed by atoms with E-state index in [0.29, 0.717) is 12.5 Å². The fraction of sp³-hybridized carbons (Fsp3) is 0.862. The molecule has 0 aromatic carbocycles. The molecule has 1 atom stereocenters. The van der Waals surface area contributed by atoms with Crippen LogP contribution < -0.4 is 0 Å². The van der Waals surface area contributed by atoms with Crippen LogP contribution in [0.2, 0.25) is 0 Å². The van der Waals surface area contributed by atoms with Crippen LogP contribution >= 0.6 is 0 Å². The zero-order valence-electron chi connectivity index (χ0n) is 45.8. The molecule has 0 N–H and O–H groups in total. The summed E-state index contributed by atoms with van der Waals surface area (Å²) >= 11 is 0. The monoisotopic (exact) mass is 931 g/mol. The van der Waals surface area contributed by atoms with Crippen LogP contribution in [0.4, 0.5) is 0 Å². The van der Waals surface area contributed by atoms with E-state index in [2.05, 4.69) is 61.8 Å². The van der Waals surface area contributed by atoms with E-state index in [1.165, 1.54) is 295 Å². The number of unbranched alkanes of at least 4 members (excludes halogenated alkanes) is 46. The van der Waals surface area contributed by atoms with E-state index < -0.39 is 0 Å². The van der Waals surface area contributed by atoms with Crippen LogP contribution in [0.5, 0.6) is 0 Å². The van der Waals surface area contributed by atoms with Crippen molar-refractivity contribution in [2.75, 3.05) is 6.61 Å². The number of carbonyl (C=O) groups is 1. The SMILES string of the molecule is CCCCCCCCCC(CCCCCCCCCCCCCCCCCCCCCCCCCCCCCCCCC/C=C/C=C/CCCCCCC#CC#CCCCCCC=O)OCC. The van der Waals surface area contributed by atoms with Crippen molar-refractivity contribution in [3.05, 3.63) is 24.3 Å². The van der Waals surface area contributed by atoms with Crippen molar-refractivity contribution in [1.29, 1.82) is 0 Å². The molecule has 0 aliphatic rings. The smallest absolute Gasteiger partial charge is 0.119 e. The summed E-state index contributed by atoms with van der Waals surface area (Å²) in [6.07, 6.45) is 81.4. The molecule has 2 nitrogen and oxygen atoms in total. The molecule has 0 saturated carbocycles. The van der Waals surface area contributed by atoms with Gasteiger partial charge in [-0.3, -0.25) is 0 Å². The normalized spacial score (nSPS) is 11.9. The van der Waals surface area contributed by atoms with Crippen molar-refractivity contribution in [1.82, 2.24) is 0 Å². The molecule has 0 heterocycles. The lowest BCUT2D eigenvalue weighted by atomic mass is 10.0. The summed E-state index contributed by atoms with van der Waals surface area (Å²) in [5, 5.41) is 0. The number of aldehydes is 1. The second-order valence-electron chi connectivity index (χ2n) is 20.7. The molecule has 0 fully saturated rings. The van der Waals surface area contributed by atoms with Crippen molar-refractivity contribution in [3.63, 3.8) is 0 Å². The van der Waals surface area contributed by atoms with E-state index >= 15 is 0 Å². The van der Waals surface area contributed by atoms with Crippen molar-refractivity contribution >= 4 is 6.29 Å². The summed E-state index contributed by atoms with van der Waals surface area (Å²) < 4.78 is 6.07. The van der Waals surface area contributed by atoms with E-state index in [1.54, 1.807) is 0 Å². The van der Waals surface area contributed by atoms with Gasteiger partial charge in [-0.1, -0.05) is 300 Å². The Morgan fingerprint density at radius 3 is 0.910 bits per heavy atom. The Morgan fingerprint density at radius 1 is 0.328 bits per heavy atom. The van der Waals surface area contributed by atoms with Crippen LogP contribution in [0.15, 0.2) is 24.3 Å². The van der Waals surface area contributed by atoms with Gasteiger partial charge in [-0.05, 0) is 76.6 Å². The molecule has 0 saturated heterocycles. The second kappa shape index (κ2) is 62.2. The lowest BCUT2D eigenvalue weighted by Gasteiger charge is -2.17. The van der Waals surface area contributed by atoms with Gasteiger partial charge >= 0.3 is 0 Å². The van der Waals surface area contributed by atoms with Gasteiger partial charge in [0.05, 0.1) is 6.10 Å². The van der Waals surface area contributed by atoms with E-state index in [1.807, 2.05) is 0 Å². The quantitative estimate of drug-likeness (QED) is 0.0263. The molecule has 0 spiro atoms. The fourth-order valence-corrected chi connectivity index (χ4v) is 9.65. The first kappa shape index (κ1) is 65.2. The van der Waals surface area contributed by atoms with Gasteiger partial charge in [-0.2, -0.15) is 0 Å². The molecule has 0 aromatic heterocycles. The first-order chi connectivity index (χ1) is 33.3. The number of hydrogen-bond donors (Lipinski definition) is 0. The maximum atomic E-state index is 10.3. The number of carbonyl (C=O) groups excluding carboxylic acids is 1. The molecule has 390 valence electrons. The first-order valence-corrected chi connectivity index (χ1v) is 30.7. The molecular weight excluding hydrogens is 813 g/mol. The van der Waals surface area contributed by atoms with E-state index in [0.717, 1.165) is 45.0 Å². The van der Waals surface area contributed by atoms with Crippen LogP contribution in [-0.4, -0.2) is 19.0 Å². The molecule has 0 rings (SSSR count). The molecular formula is C65H118O2. The number of hydrogen-bond acceptors (Lipinski definition) is 2. The highest BCUT2D eigenvalue weighted by Crippen LogP contribution is 2.19. The van der Waals surface area contributed by atoms with Gasteiger partial charge < -0.3 is 9.53 Å². The largest absolute Gasteiger partial charge is 0.379 e. The first-order valence-electron chi connectivity index (χ1n) is 30.7. The Kier molecular flexibility index (Phi) is 60.6. The van der Waals surface area contributed by atoms with Gasteiger partial charge in [0.1, 0.15) is 6.29 Å². The molecule has 0 aliphatic heterocycles. The molecule has 0 amide bonds. The molecule has 0 bridgehead atoms. The van der Waals surface area contributed by atoms with Crippen molar-refractivity contribution in [3.8, 4) is 23.7 Å². The zero-order valence-corrected chi connectivity index (χ0v) is 45.8. The van der Waals surface area contributed by atoms with Gasteiger partial charge in [0, 0.05) is 25.9 Å².